The zero-order valence-electron chi connectivity index (χ0n) is 10.3. The molecular weight excluding hydrogens is 285 g/mol. The smallest absolute Gasteiger partial charge is 0.269 e. The van der Waals surface area contributed by atoms with Crippen molar-refractivity contribution < 1.29 is 14.4 Å². The maximum Gasteiger partial charge on any atom is 0.269 e. The summed E-state index contributed by atoms with van der Waals surface area (Å²) < 4.78 is 13.6. The van der Waals surface area contributed by atoms with Crippen LogP contribution in [0.4, 0.5) is 10.1 Å². The van der Waals surface area contributed by atoms with Gasteiger partial charge in [0.2, 0.25) is 0 Å². The molecule has 2 rings (SSSR count). The lowest BCUT2D eigenvalue weighted by Crippen LogP contribution is -2.05. The van der Waals surface area contributed by atoms with E-state index in [0.717, 1.165) is 0 Å². The van der Waals surface area contributed by atoms with E-state index in [1.807, 2.05) is 0 Å². The molecule has 0 saturated heterocycles. The quantitative estimate of drug-likeness (QED) is 0.691. The van der Waals surface area contributed by atoms with Crippen molar-refractivity contribution in [3.63, 3.8) is 0 Å². The Bertz CT molecular complexity index is 611. The average molecular weight is 296 g/mol. The maximum absolute atomic E-state index is 13.6. The predicted octanol–water partition coefficient (Wildman–Crippen LogP) is 3.66. The second-order valence-corrected chi connectivity index (χ2v) is 4.69. The molecule has 0 fully saturated rings. The summed E-state index contributed by atoms with van der Waals surface area (Å²) in [6, 6.07) is 9.90. The Balaban J connectivity index is 2.19. The van der Waals surface area contributed by atoms with Gasteiger partial charge in [0.1, 0.15) is 5.82 Å². The van der Waals surface area contributed by atoms with E-state index < -0.39 is 16.8 Å². The molecule has 0 aliphatic heterocycles. The normalized spacial score (nSPS) is 12.2. The van der Waals surface area contributed by atoms with Crippen molar-refractivity contribution in [2.24, 2.45) is 0 Å². The maximum atomic E-state index is 13.6. The molecule has 0 bridgehead atoms. The fraction of sp³-hybridized carbons (Fsp3) is 0.143. The van der Waals surface area contributed by atoms with Crippen LogP contribution in [0.25, 0.3) is 0 Å². The number of halogens is 2. The molecule has 0 saturated carbocycles. The van der Waals surface area contributed by atoms with Gasteiger partial charge < -0.3 is 5.11 Å². The van der Waals surface area contributed by atoms with Crippen LogP contribution in [0.15, 0.2) is 42.5 Å². The molecular formula is C14H11ClFNO3. The standard InChI is InChI=1S/C14H11ClFNO3/c15-11-2-1-3-12(16)14(11)13(18)8-9-4-6-10(7-5-9)17(19)20/h1-7,13,18H,8H2. The number of benzene rings is 2. The second-order valence-electron chi connectivity index (χ2n) is 4.28. The fourth-order valence-corrected chi connectivity index (χ4v) is 2.20. The highest BCUT2D eigenvalue weighted by Gasteiger charge is 2.17. The molecule has 6 heteroatoms. The van der Waals surface area contributed by atoms with Crippen molar-refractivity contribution in [2.75, 3.05) is 0 Å². The molecule has 1 atom stereocenters. The minimum atomic E-state index is -1.11. The molecule has 0 spiro atoms. The van der Waals surface area contributed by atoms with Gasteiger partial charge in [0.15, 0.2) is 0 Å². The Morgan fingerprint density at radius 3 is 2.45 bits per heavy atom. The van der Waals surface area contributed by atoms with Crippen molar-refractivity contribution in [1.82, 2.24) is 0 Å². The van der Waals surface area contributed by atoms with Crippen LogP contribution in [0.1, 0.15) is 17.2 Å². The zero-order chi connectivity index (χ0) is 14.7. The lowest BCUT2D eigenvalue weighted by Gasteiger charge is -2.13. The summed E-state index contributed by atoms with van der Waals surface area (Å²) in [7, 11) is 0. The Hall–Kier alpha value is -1.98. The average Bonchev–Trinajstić information content (AvgIpc) is 2.39. The number of nitro benzene ring substituents is 1. The number of aliphatic hydroxyl groups is 1. The van der Waals surface area contributed by atoms with Crippen LogP contribution in [0.3, 0.4) is 0 Å². The lowest BCUT2D eigenvalue weighted by molar-refractivity contribution is -0.384. The first-order valence-electron chi connectivity index (χ1n) is 5.84. The summed E-state index contributed by atoms with van der Waals surface area (Å²) >= 11 is 5.87. The first-order valence-corrected chi connectivity index (χ1v) is 6.22. The van der Waals surface area contributed by atoms with E-state index in [-0.39, 0.29) is 22.7 Å². The van der Waals surface area contributed by atoms with Crippen LogP contribution in [0, 0.1) is 15.9 Å². The predicted molar refractivity (Wildman–Crippen MR) is 73.2 cm³/mol. The molecule has 104 valence electrons. The van der Waals surface area contributed by atoms with Gasteiger partial charge in [-0.2, -0.15) is 0 Å². The van der Waals surface area contributed by atoms with Crippen molar-refractivity contribution in [2.45, 2.75) is 12.5 Å². The van der Waals surface area contributed by atoms with Gasteiger partial charge in [-0.25, -0.2) is 4.39 Å². The van der Waals surface area contributed by atoms with E-state index >= 15 is 0 Å². The van der Waals surface area contributed by atoms with Crippen LogP contribution in [-0.2, 0) is 6.42 Å². The number of hydrogen-bond donors (Lipinski definition) is 1. The first kappa shape index (κ1) is 14.4. The molecule has 0 radical (unpaired) electrons. The highest BCUT2D eigenvalue weighted by atomic mass is 35.5. The minimum Gasteiger partial charge on any atom is -0.388 e. The number of hydrogen-bond acceptors (Lipinski definition) is 3. The lowest BCUT2D eigenvalue weighted by atomic mass is 10.0. The SMILES string of the molecule is O=[N+]([O-])c1ccc(CC(O)c2c(F)cccc2Cl)cc1. The summed E-state index contributed by atoms with van der Waals surface area (Å²) in [5.41, 5.74) is 0.655. The van der Waals surface area contributed by atoms with Gasteiger partial charge in [-0.15, -0.1) is 0 Å². The van der Waals surface area contributed by atoms with E-state index in [1.54, 1.807) is 0 Å². The van der Waals surface area contributed by atoms with Gasteiger partial charge in [-0.3, -0.25) is 10.1 Å². The van der Waals surface area contributed by atoms with Crippen LogP contribution in [0.2, 0.25) is 5.02 Å². The summed E-state index contributed by atoms with van der Waals surface area (Å²) in [4.78, 5) is 10.0. The Labute approximate surface area is 119 Å². The van der Waals surface area contributed by atoms with E-state index in [9.17, 15) is 19.6 Å². The first-order chi connectivity index (χ1) is 9.49. The number of nitro groups is 1. The summed E-state index contributed by atoms with van der Waals surface area (Å²) in [5.74, 6) is -0.577. The van der Waals surface area contributed by atoms with Gasteiger partial charge in [0.25, 0.3) is 5.69 Å². The molecule has 20 heavy (non-hydrogen) atoms. The minimum absolute atomic E-state index is 0.0347. The monoisotopic (exact) mass is 295 g/mol. The number of non-ortho nitro benzene ring substituents is 1. The summed E-state index contributed by atoms with van der Waals surface area (Å²) in [5, 5.41) is 20.7. The molecule has 4 nitrogen and oxygen atoms in total. The molecule has 1 N–H and O–H groups in total. The van der Waals surface area contributed by atoms with Gasteiger partial charge in [0.05, 0.1) is 11.0 Å². The van der Waals surface area contributed by atoms with Crippen molar-refractivity contribution in [3.05, 3.63) is 74.5 Å². The van der Waals surface area contributed by atoms with Crippen LogP contribution in [-0.4, -0.2) is 10.0 Å². The van der Waals surface area contributed by atoms with E-state index in [4.69, 9.17) is 11.6 Å². The van der Waals surface area contributed by atoms with Gasteiger partial charge >= 0.3 is 0 Å². The highest BCUT2D eigenvalue weighted by molar-refractivity contribution is 6.31. The van der Waals surface area contributed by atoms with E-state index in [2.05, 4.69) is 0 Å². The number of aliphatic hydroxyl groups excluding tert-OH is 1. The summed E-state index contributed by atoms with van der Waals surface area (Å²) in [6.07, 6.45) is -0.983. The molecule has 0 heterocycles. The van der Waals surface area contributed by atoms with Crippen LogP contribution >= 0.6 is 11.6 Å². The number of rotatable bonds is 4. The molecule has 1 unspecified atom stereocenters. The van der Waals surface area contributed by atoms with Crippen molar-refractivity contribution >= 4 is 17.3 Å². The van der Waals surface area contributed by atoms with Crippen LogP contribution < -0.4 is 0 Å². The number of nitrogens with zero attached hydrogens (tertiary/aromatic N) is 1. The van der Waals surface area contributed by atoms with Crippen LogP contribution in [0.5, 0.6) is 0 Å². The molecule has 0 aliphatic carbocycles. The largest absolute Gasteiger partial charge is 0.388 e. The highest BCUT2D eigenvalue weighted by Crippen LogP contribution is 2.28. The third-order valence-electron chi connectivity index (χ3n) is 2.91. The molecule has 0 aromatic heterocycles. The molecule has 0 amide bonds. The van der Waals surface area contributed by atoms with Gasteiger partial charge in [-0.05, 0) is 17.7 Å². The summed E-state index contributed by atoms with van der Waals surface area (Å²) in [6.45, 7) is 0. The van der Waals surface area contributed by atoms with Crippen molar-refractivity contribution in [1.29, 1.82) is 0 Å². The zero-order valence-corrected chi connectivity index (χ0v) is 11.0. The third kappa shape index (κ3) is 3.12. The molecule has 2 aromatic rings. The van der Waals surface area contributed by atoms with E-state index in [0.29, 0.717) is 5.56 Å². The second kappa shape index (κ2) is 5.98. The third-order valence-corrected chi connectivity index (χ3v) is 3.24. The fourth-order valence-electron chi connectivity index (χ4n) is 1.91. The Kier molecular flexibility index (Phi) is 4.32. The molecule has 2 aromatic carbocycles. The van der Waals surface area contributed by atoms with E-state index in [1.165, 1.54) is 42.5 Å². The van der Waals surface area contributed by atoms with Gasteiger partial charge in [0, 0.05) is 29.1 Å². The van der Waals surface area contributed by atoms with Gasteiger partial charge in [-0.1, -0.05) is 29.8 Å². The Morgan fingerprint density at radius 1 is 1.25 bits per heavy atom. The topological polar surface area (TPSA) is 63.4 Å². The Morgan fingerprint density at radius 2 is 1.90 bits per heavy atom. The molecule has 0 aliphatic rings. The van der Waals surface area contributed by atoms with Crippen molar-refractivity contribution in [3.8, 4) is 0 Å².